The van der Waals surface area contributed by atoms with E-state index in [1.807, 2.05) is 0 Å². The average molecular weight is 663 g/mol. The van der Waals surface area contributed by atoms with Crippen LogP contribution in [0.15, 0.2) is 24.3 Å². The molecule has 0 aliphatic rings. The summed E-state index contributed by atoms with van der Waals surface area (Å²) in [7, 11) is 0. The summed E-state index contributed by atoms with van der Waals surface area (Å²) in [5.41, 5.74) is -1.13. The Bertz CT molecular complexity index is 1250. The molecule has 3 aromatic rings. The Hall–Kier alpha value is -0.500. The summed E-state index contributed by atoms with van der Waals surface area (Å²) >= 11 is 60.5. The molecule has 0 saturated heterocycles. The Morgan fingerprint density at radius 1 is 0.441 bits per heavy atom. The van der Waals surface area contributed by atoms with Crippen LogP contribution in [0, 0.1) is 0 Å². The van der Waals surface area contributed by atoms with Gasteiger partial charge in [-0.25, -0.2) is 9.59 Å². The lowest BCUT2D eigenvalue weighted by Gasteiger charge is -2.16. The molecule has 4 nitrogen and oxygen atoms in total. The molecule has 0 aliphatic heterocycles. The van der Waals surface area contributed by atoms with E-state index in [0.717, 1.165) is 0 Å². The Kier molecular flexibility index (Phi) is 9.30. The van der Waals surface area contributed by atoms with E-state index in [-0.39, 0.29) is 51.7 Å². The molecule has 0 aliphatic carbocycles. The van der Waals surface area contributed by atoms with E-state index in [4.69, 9.17) is 125 Å². The van der Waals surface area contributed by atoms with Gasteiger partial charge in [-0.05, 0) is 24.3 Å². The van der Waals surface area contributed by atoms with Crippen molar-refractivity contribution >= 4 is 128 Å². The van der Waals surface area contributed by atoms with Crippen molar-refractivity contribution in [2.75, 3.05) is 0 Å². The average Bonchev–Trinajstić information content (AvgIpc) is 2.80. The number of hydrogen-bond donors (Lipinski definition) is 0. The molecule has 0 radical (unpaired) electrons. The van der Waals surface area contributed by atoms with Crippen molar-refractivity contribution in [1.82, 2.24) is 0 Å². The van der Waals surface area contributed by atoms with Crippen molar-refractivity contribution in [3.8, 4) is 11.5 Å². The van der Waals surface area contributed by atoms with Gasteiger partial charge in [0.1, 0.15) is 10.0 Å². The fourth-order valence-electron chi connectivity index (χ4n) is 2.49. The number of hydrogen-bond acceptors (Lipinski definition) is 4. The van der Waals surface area contributed by atoms with Crippen molar-refractivity contribution in [2.45, 2.75) is 0 Å². The van der Waals surface area contributed by atoms with E-state index in [1.54, 1.807) is 0 Å². The van der Waals surface area contributed by atoms with Crippen LogP contribution >= 0.6 is 116 Å². The topological polar surface area (TPSA) is 52.6 Å². The van der Waals surface area contributed by atoms with Gasteiger partial charge in [0, 0.05) is 0 Å². The maximum atomic E-state index is 13.1. The second-order valence-electron chi connectivity index (χ2n) is 6.13. The van der Waals surface area contributed by atoms with Crippen molar-refractivity contribution in [2.24, 2.45) is 0 Å². The third-order valence-corrected chi connectivity index (χ3v) is 8.43. The molecule has 0 fully saturated rings. The van der Waals surface area contributed by atoms with Gasteiger partial charge < -0.3 is 9.47 Å². The fraction of sp³-hybridized carbons (Fsp3) is 0. The molecule has 3 rings (SSSR count). The number of benzene rings is 3. The van der Waals surface area contributed by atoms with Crippen LogP contribution < -0.4 is 9.47 Å². The minimum atomic E-state index is -1.18. The minimum Gasteiger partial charge on any atom is -0.421 e. The highest BCUT2D eigenvalue weighted by atomic mass is 35.5. The van der Waals surface area contributed by atoms with Gasteiger partial charge in [-0.1, -0.05) is 116 Å². The van der Waals surface area contributed by atoms with Gasteiger partial charge in [0.2, 0.25) is 0 Å². The third kappa shape index (κ3) is 5.42. The van der Waals surface area contributed by atoms with Crippen LogP contribution in [-0.2, 0) is 0 Å². The van der Waals surface area contributed by atoms with Crippen LogP contribution in [-0.4, -0.2) is 11.9 Å². The molecule has 0 atom stereocenters. The van der Waals surface area contributed by atoms with Crippen molar-refractivity contribution in [3.05, 3.63) is 85.6 Å². The Labute approximate surface area is 242 Å². The molecule has 0 bridgehead atoms. The van der Waals surface area contributed by atoms with E-state index in [0.29, 0.717) is 0 Å². The summed E-state index contributed by atoms with van der Waals surface area (Å²) in [6, 6.07) is 5.22. The Balaban J connectivity index is 2.12. The molecule has 0 saturated carbocycles. The smallest absolute Gasteiger partial charge is 0.346 e. The van der Waals surface area contributed by atoms with Crippen molar-refractivity contribution < 1.29 is 19.1 Å². The monoisotopic (exact) mass is 658 g/mol. The van der Waals surface area contributed by atoms with Crippen LogP contribution in [0.25, 0.3) is 0 Å². The van der Waals surface area contributed by atoms with Gasteiger partial charge in [-0.3, -0.25) is 0 Å². The standard InChI is InChI=1S/C20H4Cl10O4/c21-5-1-3-7(13(25)11(5)23)33-19(31)9-10(16(28)18(30)17(29)15(9)27)20(32)34-8-4-2-6(22)12(24)14(8)26/h1-4H. The van der Waals surface area contributed by atoms with E-state index in [2.05, 4.69) is 0 Å². The molecule has 3 aromatic carbocycles. The first kappa shape index (κ1) is 28.1. The zero-order chi connectivity index (χ0) is 25.5. The largest absolute Gasteiger partial charge is 0.421 e. The molecule has 14 heteroatoms. The number of carbonyl (C=O) groups excluding carboxylic acids is 2. The molecule has 0 N–H and O–H groups in total. The highest BCUT2D eigenvalue weighted by Crippen LogP contribution is 2.44. The summed E-state index contributed by atoms with van der Waals surface area (Å²) in [6.07, 6.45) is 0. The molecule has 0 spiro atoms. The van der Waals surface area contributed by atoms with Crippen LogP contribution in [0.5, 0.6) is 11.5 Å². The second kappa shape index (κ2) is 11.3. The van der Waals surface area contributed by atoms with Crippen LogP contribution in [0.3, 0.4) is 0 Å². The maximum absolute atomic E-state index is 13.1. The number of esters is 2. The quantitative estimate of drug-likeness (QED) is 0.121. The van der Waals surface area contributed by atoms with Crippen molar-refractivity contribution in [3.63, 3.8) is 0 Å². The fourth-order valence-corrected chi connectivity index (χ4v) is 4.63. The molecule has 0 amide bonds. The lowest BCUT2D eigenvalue weighted by atomic mass is 10.1. The summed E-state index contributed by atoms with van der Waals surface area (Å²) in [5, 5.41) is -1.76. The first-order valence-electron chi connectivity index (χ1n) is 8.44. The van der Waals surface area contributed by atoms with Gasteiger partial charge >= 0.3 is 11.9 Å². The maximum Gasteiger partial charge on any atom is 0.346 e. The van der Waals surface area contributed by atoms with Crippen LogP contribution in [0.2, 0.25) is 50.2 Å². The first-order chi connectivity index (χ1) is 15.9. The Morgan fingerprint density at radius 2 is 0.765 bits per heavy atom. The van der Waals surface area contributed by atoms with E-state index >= 15 is 0 Å². The SMILES string of the molecule is O=C(Oc1ccc(Cl)c(Cl)c1Cl)c1c(Cl)c(Cl)c(Cl)c(Cl)c1C(=O)Oc1ccc(Cl)c(Cl)c1Cl. The second-order valence-corrected chi connectivity index (χ2v) is 9.97. The molecule has 178 valence electrons. The lowest BCUT2D eigenvalue weighted by molar-refractivity contribution is 0.0692. The zero-order valence-electron chi connectivity index (χ0n) is 15.7. The van der Waals surface area contributed by atoms with Gasteiger partial charge in [-0.2, -0.15) is 0 Å². The van der Waals surface area contributed by atoms with Gasteiger partial charge in [0.15, 0.2) is 11.5 Å². The Morgan fingerprint density at radius 3 is 1.09 bits per heavy atom. The molecular formula is C20H4Cl10O4. The van der Waals surface area contributed by atoms with E-state index in [1.165, 1.54) is 24.3 Å². The van der Waals surface area contributed by atoms with Crippen LogP contribution in [0.4, 0.5) is 0 Å². The summed E-state index contributed by atoms with van der Waals surface area (Å²) < 4.78 is 10.5. The van der Waals surface area contributed by atoms with Gasteiger partial charge in [0.05, 0.1) is 51.3 Å². The highest BCUT2D eigenvalue weighted by molar-refractivity contribution is 6.54. The normalized spacial score (nSPS) is 10.9. The van der Waals surface area contributed by atoms with Gasteiger partial charge in [-0.15, -0.1) is 0 Å². The molecule has 0 heterocycles. The molecular weight excluding hydrogens is 659 g/mol. The zero-order valence-corrected chi connectivity index (χ0v) is 23.3. The van der Waals surface area contributed by atoms with Crippen LogP contribution in [0.1, 0.15) is 20.7 Å². The summed E-state index contributed by atoms with van der Waals surface area (Å²) in [6.45, 7) is 0. The molecule has 34 heavy (non-hydrogen) atoms. The molecule has 0 unspecified atom stereocenters. The number of ether oxygens (including phenoxy) is 2. The lowest BCUT2D eigenvalue weighted by Crippen LogP contribution is -2.19. The van der Waals surface area contributed by atoms with Crippen molar-refractivity contribution in [1.29, 1.82) is 0 Å². The minimum absolute atomic E-state index is 0.0687. The third-order valence-electron chi connectivity index (χ3n) is 4.08. The predicted octanol–water partition coefficient (Wildman–Crippen LogP) is 10.7. The highest BCUT2D eigenvalue weighted by Gasteiger charge is 2.32. The molecule has 0 aromatic heterocycles. The van der Waals surface area contributed by atoms with E-state index < -0.39 is 33.1 Å². The van der Waals surface area contributed by atoms with Gasteiger partial charge in [0.25, 0.3) is 0 Å². The number of carbonyl (C=O) groups is 2. The number of rotatable bonds is 4. The summed E-state index contributed by atoms with van der Waals surface area (Å²) in [5.74, 6) is -2.74. The summed E-state index contributed by atoms with van der Waals surface area (Å²) in [4.78, 5) is 26.1. The van der Waals surface area contributed by atoms with E-state index in [9.17, 15) is 9.59 Å². The number of halogens is 10. The first-order valence-corrected chi connectivity index (χ1v) is 12.2. The predicted molar refractivity (Wildman–Crippen MR) is 139 cm³/mol.